The van der Waals surface area contributed by atoms with E-state index in [1.807, 2.05) is 6.08 Å². The number of carbonyl (C=O) groups excluding carboxylic acids is 2. The Morgan fingerprint density at radius 2 is 1.62 bits per heavy atom. The molecule has 4 nitrogen and oxygen atoms in total. The molecule has 0 aromatic heterocycles. The van der Waals surface area contributed by atoms with E-state index in [0.29, 0.717) is 24.5 Å². The van der Waals surface area contributed by atoms with Crippen LogP contribution < -0.4 is 0 Å². The predicted octanol–water partition coefficient (Wildman–Crippen LogP) is 6.48. The van der Waals surface area contributed by atoms with Crippen molar-refractivity contribution < 1.29 is 19.5 Å². The molecular weight excluding hydrogens is 424 g/mol. The maximum absolute atomic E-state index is 14.2. The van der Waals surface area contributed by atoms with Gasteiger partial charge in [0.05, 0.1) is 5.41 Å². The van der Waals surface area contributed by atoms with Gasteiger partial charge in [-0.15, -0.1) is 0 Å². The van der Waals surface area contributed by atoms with E-state index in [1.165, 1.54) is 0 Å². The zero-order valence-corrected chi connectivity index (χ0v) is 22.3. The van der Waals surface area contributed by atoms with Gasteiger partial charge in [-0.2, -0.15) is 0 Å². The minimum Gasteiger partial charge on any atom is -0.481 e. The van der Waals surface area contributed by atoms with E-state index >= 15 is 0 Å². The largest absolute Gasteiger partial charge is 0.481 e. The molecule has 4 fully saturated rings. The molecule has 0 aromatic carbocycles. The van der Waals surface area contributed by atoms with Gasteiger partial charge in [0.25, 0.3) is 0 Å². The highest BCUT2D eigenvalue weighted by Gasteiger charge is 2.71. The lowest BCUT2D eigenvalue weighted by atomic mass is 9.33. The highest BCUT2D eigenvalue weighted by Crippen LogP contribution is 2.74. The second kappa shape index (κ2) is 7.07. The predicted molar refractivity (Wildman–Crippen MR) is 132 cm³/mol. The fourth-order valence-electron chi connectivity index (χ4n) is 10.5. The number of hydrogen-bond donors (Lipinski definition) is 1. The maximum Gasteiger partial charge on any atom is 0.310 e. The van der Waals surface area contributed by atoms with E-state index in [1.54, 1.807) is 0 Å². The Kier molecular flexibility index (Phi) is 5.04. The summed E-state index contributed by atoms with van der Waals surface area (Å²) in [5.41, 5.74) is -0.559. The Balaban J connectivity index is 1.67. The summed E-state index contributed by atoms with van der Waals surface area (Å²) in [4.78, 5) is 39.9. The molecule has 5 rings (SSSR count). The van der Waals surface area contributed by atoms with Crippen molar-refractivity contribution >= 4 is 17.5 Å². The lowest BCUT2D eigenvalue weighted by Crippen LogP contribution is -2.67. The van der Waals surface area contributed by atoms with Crippen LogP contribution in [0.4, 0.5) is 0 Å². The molecule has 0 heterocycles. The van der Waals surface area contributed by atoms with Gasteiger partial charge in [-0.1, -0.05) is 54.0 Å². The minimum absolute atomic E-state index is 0.0656. The van der Waals surface area contributed by atoms with E-state index in [9.17, 15) is 19.5 Å². The zero-order valence-electron chi connectivity index (χ0n) is 22.3. The molecule has 1 N–H and O–H groups in total. The van der Waals surface area contributed by atoms with Crippen LogP contribution in [0, 0.1) is 56.7 Å². The van der Waals surface area contributed by atoms with Crippen molar-refractivity contribution in [3.63, 3.8) is 0 Å². The summed E-state index contributed by atoms with van der Waals surface area (Å²) in [5, 5.41) is 10.5. The number of ketones is 2. The van der Waals surface area contributed by atoms with Crippen LogP contribution in [0.3, 0.4) is 0 Å². The van der Waals surface area contributed by atoms with Gasteiger partial charge in [0.1, 0.15) is 5.78 Å². The molecule has 4 saturated carbocycles. The standard InChI is InChI=1S/C30H44O4/c1-17-8-13-30(25(33)34)15-14-28(6)19(23(30)18(17)2)16-20(31)24-27(5)11-10-22(32)26(3,4)21(27)9-12-29(24,28)7/h16-18,21,23-24H,8-15H2,1-7H3,(H,33,34)/t17?,18-,21?,23-,24?,27-,28?,29+,30-/m0/s1. The fourth-order valence-corrected chi connectivity index (χ4v) is 10.5. The van der Waals surface area contributed by atoms with Crippen LogP contribution in [0.5, 0.6) is 0 Å². The molecular formula is C30H44O4. The first kappa shape index (κ1) is 24.3. The van der Waals surface area contributed by atoms with Crippen molar-refractivity contribution in [1.82, 2.24) is 0 Å². The van der Waals surface area contributed by atoms with E-state index in [4.69, 9.17) is 0 Å². The molecule has 0 aliphatic heterocycles. The van der Waals surface area contributed by atoms with Gasteiger partial charge in [-0.3, -0.25) is 14.4 Å². The van der Waals surface area contributed by atoms with E-state index < -0.39 is 16.8 Å². The van der Waals surface area contributed by atoms with E-state index in [2.05, 4.69) is 48.5 Å². The number of carbonyl (C=O) groups is 3. The highest BCUT2D eigenvalue weighted by atomic mass is 16.4. The molecule has 0 saturated heterocycles. The Bertz CT molecular complexity index is 992. The number of carboxylic acid groups (broad SMARTS) is 1. The van der Waals surface area contributed by atoms with Crippen LogP contribution in [0.1, 0.15) is 99.8 Å². The summed E-state index contributed by atoms with van der Waals surface area (Å²) in [6.07, 6.45) is 8.42. The normalized spacial score (nSPS) is 52.0. The number of allylic oxidation sites excluding steroid dienone is 2. The van der Waals surface area contributed by atoms with Crippen molar-refractivity contribution in [1.29, 1.82) is 0 Å². The number of fused-ring (bicyclic) bond motifs is 7. The highest BCUT2D eigenvalue weighted by molar-refractivity contribution is 5.96. The lowest BCUT2D eigenvalue weighted by molar-refractivity contribution is -0.192. The van der Waals surface area contributed by atoms with Gasteiger partial charge < -0.3 is 5.11 Å². The van der Waals surface area contributed by atoms with Crippen LogP contribution in [0.15, 0.2) is 11.6 Å². The Labute approximate surface area is 205 Å². The molecule has 4 heteroatoms. The van der Waals surface area contributed by atoms with Gasteiger partial charge in [-0.25, -0.2) is 0 Å². The third kappa shape index (κ3) is 2.64. The van der Waals surface area contributed by atoms with Crippen LogP contribution >= 0.6 is 0 Å². The van der Waals surface area contributed by atoms with Crippen LogP contribution in [-0.4, -0.2) is 22.6 Å². The summed E-state index contributed by atoms with van der Waals surface area (Å²) in [7, 11) is 0. The number of Topliss-reactive ketones (excluding diaryl/α,β-unsaturated/α-hetero) is 1. The van der Waals surface area contributed by atoms with Crippen molar-refractivity contribution in [3.8, 4) is 0 Å². The molecule has 188 valence electrons. The molecule has 5 aliphatic rings. The quantitative estimate of drug-likeness (QED) is 0.478. The van der Waals surface area contributed by atoms with Gasteiger partial charge in [0.2, 0.25) is 0 Å². The third-order valence-electron chi connectivity index (χ3n) is 12.9. The van der Waals surface area contributed by atoms with Crippen LogP contribution in [-0.2, 0) is 14.4 Å². The van der Waals surface area contributed by atoms with Crippen LogP contribution in [0.2, 0.25) is 0 Å². The maximum atomic E-state index is 14.2. The van der Waals surface area contributed by atoms with Gasteiger partial charge in [0.15, 0.2) is 5.78 Å². The molecule has 5 aliphatic carbocycles. The summed E-state index contributed by atoms with van der Waals surface area (Å²) >= 11 is 0. The van der Waals surface area contributed by atoms with Crippen molar-refractivity contribution in [2.45, 2.75) is 99.8 Å². The second-order valence-electron chi connectivity index (χ2n) is 14.2. The molecule has 0 spiro atoms. The first-order chi connectivity index (χ1) is 15.7. The SMILES string of the molecule is CC1CC[C@]2(C(=O)O)CCC3(C)C(=CC(=O)C4[C@@]5(C)CCC(=O)C(C)(C)C5CC[C@]43C)[C@@H]2[C@H]1C. The summed E-state index contributed by atoms with van der Waals surface area (Å²) in [6.45, 7) is 15.7. The Hall–Kier alpha value is -1.45. The molecule has 0 bridgehead atoms. The Morgan fingerprint density at radius 3 is 2.26 bits per heavy atom. The smallest absolute Gasteiger partial charge is 0.310 e. The minimum atomic E-state index is -0.735. The summed E-state index contributed by atoms with van der Waals surface area (Å²) in [6, 6.07) is 0. The van der Waals surface area contributed by atoms with Crippen molar-refractivity contribution in [3.05, 3.63) is 11.6 Å². The molecule has 4 unspecified atom stereocenters. The monoisotopic (exact) mass is 468 g/mol. The van der Waals surface area contributed by atoms with Crippen molar-refractivity contribution in [2.24, 2.45) is 56.7 Å². The van der Waals surface area contributed by atoms with Gasteiger partial charge >= 0.3 is 5.97 Å². The van der Waals surface area contributed by atoms with Gasteiger partial charge in [0, 0.05) is 17.8 Å². The molecule has 0 amide bonds. The molecule has 0 radical (unpaired) electrons. The molecule has 9 atom stereocenters. The first-order valence-electron chi connectivity index (χ1n) is 13.7. The fraction of sp³-hybridized carbons (Fsp3) is 0.833. The number of hydrogen-bond acceptors (Lipinski definition) is 3. The summed E-state index contributed by atoms with van der Waals surface area (Å²) < 4.78 is 0. The van der Waals surface area contributed by atoms with E-state index in [-0.39, 0.29) is 45.7 Å². The molecule has 0 aromatic rings. The lowest BCUT2D eigenvalue weighted by Gasteiger charge is -2.69. The first-order valence-corrected chi connectivity index (χ1v) is 13.7. The van der Waals surface area contributed by atoms with Crippen LogP contribution in [0.25, 0.3) is 0 Å². The van der Waals surface area contributed by atoms with E-state index in [0.717, 1.165) is 44.1 Å². The summed E-state index contributed by atoms with van der Waals surface area (Å²) in [5.74, 6) is 0.649. The molecule has 34 heavy (non-hydrogen) atoms. The zero-order chi connectivity index (χ0) is 25.1. The second-order valence-corrected chi connectivity index (χ2v) is 14.2. The topological polar surface area (TPSA) is 71.4 Å². The van der Waals surface area contributed by atoms with Gasteiger partial charge in [-0.05, 0) is 90.9 Å². The number of aliphatic carboxylic acids is 1. The number of rotatable bonds is 1. The van der Waals surface area contributed by atoms with Crippen molar-refractivity contribution in [2.75, 3.05) is 0 Å². The third-order valence-corrected chi connectivity index (χ3v) is 12.9. The average molecular weight is 469 g/mol. The number of carboxylic acids is 1. The Morgan fingerprint density at radius 1 is 0.941 bits per heavy atom. The average Bonchev–Trinajstić information content (AvgIpc) is 2.74.